The van der Waals surface area contributed by atoms with Crippen LogP contribution in [-0.4, -0.2) is 22.7 Å². The predicted octanol–water partition coefficient (Wildman–Crippen LogP) is 4.13. The molecule has 0 spiro atoms. The number of nitrogens with zero attached hydrogens (tertiary/aromatic N) is 3. The highest BCUT2D eigenvalue weighted by molar-refractivity contribution is 7.15. The van der Waals surface area contributed by atoms with Crippen LogP contribution in [-0.2, 0) is 0 Å². The molecule has 24 heavy (non-hydrogen) atoms. The molecule has 120 valence electrons. The van der Waals surface area contributed by atoms with Crippen LogP contribution in [0.5, 0.6) is 0 Å². The van der Waals surface area contributed by atoms with E-state index in [4.69, 9.17) is 0 Å². The van der Waals surface area contributed by atoms with E-state index in [1.807, 2.05) is 36.5 Å². The Labute approximate surface area is 146 Å². The average molecular weight is 333 g/mol. The van der Waals surface area contributed by atoms with Crippen LogP contribution in [0.3, 0.4) is 0 Å². The lowest BCUT2D eigenvalue weighted by Crippen LogP contribution is -2.39. The quantitative estimate of drug-likeness (QED) is 0.658. The number of rotatable bonds is 2. The third kappa shape index (κ3) is 3.22. The molecule has 1 fully saturated rings. The molecule has 2 aromatic heterocycles. The zero-order valence-corrected chi connectivity index (χ0v) is 14.3. The number of piperidine rings is 1. The van der Waals surface area contributed by atoms with Gasteiger partial charge in [0.05, 0.1) is 9.75 Å². The van der Waals surface area contributed by atoms with Crippen molar-refractivity contribution < 1.29 is 0 Å². The van der Waals surface area contributed by atoms with Gasteiger partial charge in [-0.15, -0.1) is 11.3 Å². The maximum absolute atomic E-state index is 4.58. The average Bonchev–Trinajstić information content (AvgIpc) is 3.31. The summed E-state index contributed by atoms with van der Waals surface area (Å²) in [6.07, 6.45) is 7.80. The zero-order valence-electron chi connectivity index (χ0n) is 13.5. The van der Waals surface area contributed by atoms with Crippen molar-refractivity contribution in [3.05, 3.63) is 65.3 Å². The number of benzene rings is 1. The van der Waals surface area contributed by atoms with Crippen LogP contribution in [0, 0.1) is 11.8 Å². The maximum atomic E-state index is 4.58. The summed E-state index contributed by atoms with van der Waals surface area (Å²) in [6, 6.07) is 14.3. The first-order valence-corrected chi connectivity index (χ1v) is 9.18. The van der Waals surface area contributed by atoms with Gasteiger partial charge in [0.2, 0.25) is 0 Å². The Kier molecular flexibility index (Phi) is 4.35. The minimum atomic E-state index is 1.02. The van der Waals surface area contributed by atoms with Gasteiger partial charge in [0, 0.05) is 31.0 Å². The number of hydrogen-bond acceptors (Lipinski definition) is 3. The third-order valence-corrected chi connectivity index (χ3v) is 5.19. The van der Waals surface area contributed by atoms with Gasteiger partial charge in [-0.2, -0.15) is 0 Å². The topological polar surface area (TPSA) is 21.1 Å². The van der Waals surface area contributed by atoms with Crippen LogP contribution in [0.15, 0.2) is 54.9 Å². The fraction of sp³-hybridized carbons (Fsp3) is 0.250. The van der Waals surface area contributed by atoms with E-state index in [1.165, 1.54) is 24.1 Å². The Morgan fingerprint density at radius 1 is 0.917 bits per heavy atom. The summed E-state index contributed by atoms with van der Waals surface area (Å²) < 4.78 is 2.21. The Bertz CT molecular complexity index is 861. The Hall–Kier alpha value is -2.51. The Morgan fingerprint density at radius 2 is 1.75 bits per heavy atom. The number of thiophene rings is 1. The third-order valence-electron chi connectivity index (χ3n) is 4.19. The summed E-state index contributed by atoms with van der Waals surface area (Å²) in [5.41, 5.74) is 1.04. The second kappa shape index (κ2) is 6.94. The van der Waals surface area contributed by atoms with Crippen molar-refractivity contribution in [2.75, 3.05) is 18.1 Å². The lowest BCUT2D eigenvalue weighted by atomic mass is 10.2. The molecule has 3 aromatic rings. The molecule has 0 N–H and O–H groups in total. The van der Waals surface area contributed by atoms with E-state index in [2.05, 4.69) is 44.8 Å². The van der Waals surface area contributed by atoms with Crippen LogP contribution in [0.25, 0.3) is 10.7 Å². The normalized spacial score (nSPS) is 14.2. The fourth-order valence-electron chi connectivity index (χ4n) is 2.97. The van der Waals surface area contributed by atoms with E-state index in [1.54, 1.807) is 11.3 Å². The minimum Gasteiger partial charge on any atom is -0.311 e. The smallest absolute Gasteiger partial charge is 0.168 e. The van der Waals surface area contributed by atoms with E-state index in [0.29, 0.717) is 0 Å². The van der Waals surface area contributed by atoms with E-state index in [9.17, 15) is 0 Å². The molecule has 0 bridgehead atoms. The van der Waals surface area contributed by atoms with Gasteiger partial charge in [0.15, 0.2) is 5.82 Å². The van der Waals surface area contributed by atoms with Gasteiger partial charge >= 0.3 is 0 Å². The van der Waals surface area contributed by atoms with Crippen molar-refractivity contribution in [1.29, 1.82) is 0 Å². The Balaban J connectivity index is 1.58. The highest BCUT2D eigenvalue weighted by atomic mass is 32.1. The van der Waals surface area contributed by atoms with E-state index in [-0.39, 0.29) is 0 Å². The molecule has 1 aromatic carbocycles. The zero-order chi connectivity index (χ0) is 16.2. The number of imidazole rings is 1. The molecule has 1 aliphatic heterocycles. The van der Waals surface area contributed by atoms with Gasteiger partial charge in [0.25, 0.3) is 0 Å². The van der Waals surface area contributed by atoms with Crippen molar-refractivity contribution in [2.45, 2.75) is 19.3 Å². The number of hydrogen-bond donors (Lipinski definition) is 0. The second-order valence-electron chi connectivity index (χ2n) is 5.89. The SMILES string of the molecule is C(#Cc1ccc(-c2nccn2N2CCCCC2)s1)c1ccccc1. The van der Waals surface area contributed by atoms with Crippen molar-refractivity contribution in [2.24, 2.45) is 0 Å². The highest BCUT2D eigenvalue weighted by Crippen LogP contribution is 2.27. The van der Waals surface area contributed by atoms with Crippen molar-refractivity contribution in [3.63, 3.8) is 0 Å². The van der Waals surface area contributed by atoms with Crippen LogP contribution in [0.4, 0.5) is 0 Å². The molecule has 0 amide bonds. The van der Waals surface area contributed by atoms with E-state index < -0.39 is 0 Å². The molecule has 0 aliphatic carbocycles. The van der Waals surface area contributed by atoms with Crippen LogP contribution >= 0.6 is 11.3 Å². The molecule has 3 nitrogen and oxygen atoms in total. The molecule has 4 rings (SSSR count). The first-order valence-electron chi connectivity index (χ1n) is 8.36. The summed E-state index contributed by atoms with van der Waals surface area (Å²) in [5.74, 6) is 7.50. The molecule has 0 radical (unpaired) electrons. The molecule has 0 saturated carbocycles. The molecule has 0 unspecified atom stereocenters. The maximum Gasteiger partial charge on any atom is 0.168 e. The van der Waals surface area contributed by atoms with Crippen molar-refractivity contribution in [1.82, 2.24) is 9.66 Å². The predicted molar refractivity (Wildman–Crippen MR) is 99.8 cm³/mol. The summed E-state index contributed by atoms with van der Waals surface area (Å²) in [7, 11) is 0. The second-order valence-corrected chi connectivity index (χ2v) is 6.97. The van der Waals surface area contributed by atoms with Gasteiger partial charge in [0.1, 0.15) is 0 Å². The first-order chi connectivity index (χ1) is 11.9. The van der Waals surface area contributed by atoms with E-state index in [0.717, 1.165) is 29.4 Å². The van der Waals surface area contributed by atoms with E-state index >= 15 is 0 Å². The standard InChI is InChI=1S/C20H19N3S/c1-3-7-17(8-4-1)9-10-18-11-12-19(24-18)20-21-13-16-23(20)22-14-5-2-6-15-22/h1,3-4,7-8,11-13,16H,2,5-6,14-15H2. The summed E-state index contributed by atoms with van der Waals surface area (Å²) >= 11 is 1.70. The highest BCUT2D eigenvalue weighted by Gasteiger charge is 2.16. The van der Waals surface area contributed by atoms with Gasteiger partial charge < -0.3 is 5.01 Å². The lowest BCUT2D eigenvalue weighted by molar-refractivity contribution is 0.481. The first kappa shape index (κ1) is 15.0. The minimum absolute atomic E-state index is 1.02. The molecule has 1 aliphatic rings. The molecule has 4 heteroatoms. The van der Waals surface area contributed by atoms with Crippen LogP contribution in [0.2, 0.25) is 0 Å². The summed E-state index contributed by atoms with van der Waals surface area (Å²) in [5, 5.41) is 2.39. The summed E-state index contributed by atoms with van der Waals surface area (Å²) in [4.78, 5) is 6.82. The Morgan fingerprint density at radius 3 is 2.58 bits per heavy atom. The molecular weight excluding hydrogens is 314 g/mol. The largest absolute Gasteiger partial charge is 0.311 e. The molecule has 1 saturated heterocycles. The van der Waals surface area contributed by atoms with Gasteiger partial charge in [-0.3, -0.25) is 0 Å². The van der Waals surface area contributed by atoms with Crippen LogP contribution in [0.1, 0.15) is 29.7 Å². The molecular formula is C20H19N3S. The molecule has 3 heterocycles. The number of aromatic nitrogens is 2. The monoisotopic (exact) mass is 333 g/mol. The van der Waals surface area contributed by atoms with Crippen molar-refractivity contribution >= 4 is 11.3 Å². The van der Waals surface area contributed by atoms with Gasteiger partial charge in [-0.1, -0.05) is 30.0 Å². The van der Waals surface area contributed by atoms with Gasteiger partial charge in [-0.05, 0) is 43.5 Å². The lowest BCUT2D eigenvalue weighted by Gasteiger charge is -2.30. The fourth-order valence-corrected chi connectivity index (χ4v) is 3.82. The van der Waals surface area contributed by atoms with Crippen LogP contribution < -0.4 is 5.01 Å². The van der Waals surface area contributed by atoms with Gasteiger partial charge in [-0.25, -0.2) is 9.66 Å². The summed E-state index contributed by atoms with van der Waals surface area (Å²) in [6.45, 7) is 2.21. The van der Waals surface area contributed by atoms with Crippen molar-refractivity contribution in [3.8, 4) is 22.5 Å². The molecule has 0 atom stereocenters.